The molecule has 0 bridgehead atoms. The van der Waals surface area contributed by atoms with Crippen molar-refractivity contribution in [1.29, 1.82) is 0 Å². The van der Waals surface area contributed by atoms with Gasteiger partial charge in [-0.15, -0.1) is 0 Å². The van der Waals surface area contributed by atoms with Crippen LogP contribution < -0.4 is 9.47 Å². The number of aromatic nitrogens is 10. The Bertz CT molecular complexity index is 3380. The molecule has 304 valence electrons. The van der Waals surface area contributed by atoms with E-state index in [1.807, 2.05) is 180 Å². The molecule has 0 aliphatic heterocycles. The molecule has 0 spiro atoms. The minimum atomic E-state index is 0.675. The van der Waals surface area contributed by atoms with Gasteiger partial charge in [-0.2, -0.15) is 10.2 Å². The Labute approximate surface area is 365 Å². The third-order valence-corrected chi connectivity index (χ3v) is 11.1. The highest BCUT2D eigenvalue weighted by molar-refractivity contribution is 6.20. The van der Waals surface area contributed by atoms with Crippen molar-refractivity contribution in [3.63, 3.8) is 0 Å². The summed E-state index contributed by atoms with van der Waals surface area (Å²) in [5.74, 6) is 4.24. The van der Waals surface area contributed by atoms with Crippen molar-refractivity contribution in [2.45, 2.75) is 0 Å². The van der Waals surface area contributed by atoms with Crippen LogP contribution in [0.4, 0.5) is 0 Å². The van der Waals surface area contributed by atoms with Gasteiger partial charge in [0, 0.05) is 107 Å². The minimum Gasteiger partial charge on any atom is -0.457 e. The molecule has 0 aliphatic carbocycles. The highest BCUT2D eigenvalue weighted by Gasteiger charge is 2.24. The first-order chi connectivity index (χ1) is 31.7. The van der Waals surface area contributed by atoms with E-state index < -0.39 is 0 Å². The van der Waals surface area contributed by atoms with Gasteiger partial charge in [-0.05, 0) is 84.9 Å². The highest BCUT2D eigenvalue weighted by atomic mass is 16.5. The first kappa shape index (κ1) is 36.7. The van der Waals surface area contributed by atoms with Crippen molar-refractivity contribution in [2.75, 3.05) is 0 Å². The molecular formula is C52H34N10O2. The number of hydrogen-bond acceptors (Lipinski definition) is 8. The van der Waals surface area contributed by atoms with Gasteiger partial charge in [0.15, 0.2) is 0 Å². The summed E-state index contributed by atoms with van der Waals surface area (Å²) in [6.07, 6.45) is 18.5. The summed E-state index contributed by atoms with van der Waals surface area (Å²) >= 11 is 0. The predicted octanol–water partition coefficient (Wildman–Crippen LogP) is 11.6. The second-order valence-corrected chi connectivity index (χ2v) is 15.1. The largest absolute Gasteiger partial charge is 0.457 e. The summed E-state index contributed by atoms with van der Waals surface area (Å²) in [5.41, 5.74) is 9.52. The van der Waals surface area contributed by atoms with Gasteiger partial charge in [0.1, 0.15) is 34.6 Å². The van der Waals surface area contributed by atoms with Gasteiger partial charge in [-0.3, -0.25) is 19.1 Å². The Balaban J connectivity index is 0.943. The Kier molecular flexibility index (Phi) is 8.82. The summed E-state index contributed by atoms with van der Waals surface area (Å²) in [5, 5.41) is 11.3. The topological polar surface area (TPSA) is 116 Å². The van der Waals surface area contributed by atoms with Crippen molar-refractivity contribution >= 4 is 32.8 Å². The second-order valence-electron chi connectivity index (χ2n) is 15.1. The fourth-order valence-electron chi connectivity index (χ4n) is 8.26. The van der Waals surface area contributed by atoms with Crippen molar-refractivity contribution in [2.24, 2.45) is 0 Å². The number of fused-ring (bicyclic) bond motifs is 5. The van der Waals surface area contributed by atoms with Crippen molar-refractivity contribution in [3.8, 4) is 68.3 Å². The van der Waals surface area contributed by atoms with E-state index in [-0.39, 0.29) is 0 Å². The molecule has 12 nitrogen and oxygen atoms in total. The lowest BCUT2D eigenvalue weighted by Gasteiger charge is -2.12. The monoisotopic (exact) mass is 830 g/mol. The zero-order chi connectivity index (χ0) is 42.4. The van der Waals surface area contributed by atoms with Crippen LogP contribution >= 0.6 is 0 Å². The Morgan fingerprint density at radius 3 is 1.30 bits per heavy atom. The summed E-state index contributed by atoms with van der Waals surface area (Å²) in [6.45, 7) is 0. The fourth-order valence-corrected chi connectivity index (χ4v) is 8.26. The summed E-state index contributed by atoms with van der Waals surface area (Å²) in [4.78, 5) is 18.2. The molecule has 0 atom stereocenters. The maximum atomic E-state index is 6.61. The van der Waals surface area contributed by atoms with Gasteiger partial charge in [0.25, 0.3) is 0 Å². The Morgan fingerprint density at radius 2 is 0.859 bits per heavy atom. The molecule has 12 rings (SSSR count). The van der Waals surface area contributed by atoms with E-state index in [0.29, 0.717) is 23.0 Å². The van der Waals surface area contributed by atoms with Crippen LogP contribution in [0.2, 0.25) is 0 Å². The van der Waals surface area contributed by atoms with Gasteiger partial charge in [0.2, 0.25) is 0 Å². The molecule has 0 aliphatic rings. The fraction of sp³-hybridized carbons (Fsp3) is 0. The van der Waals surface area contributed by atoms with E-state index in [0.717, 1.165) is 78.1 Å². The molecule has 0 amide bonds. The Hall–Kier alpha value is -9.16. The van der Waals surface area contributed by atoms with Crippen molar-refractivity contribution in [3.05, 3.63) is 208 Å². The van der Waals surface area contributed by atoms with Gasteiger partial charge < -0.3 is 9.47 Å². The quantitative estimate of drug-likeness (QED) is 0.134. The van der Waals surface area contributed by atoms with Crippen LogP contribution in [0.15, 0.2) is 208 Å². The normalized spacial score (nSPS) is 11.4. The molecule has 0 radical (unpaired) electrons. The smallest absolute Gasteiger partial charge is 0.137 e. The van der Waals surface area contributed by atoms with E-state index in [1.165, 1.54) is 0 Å². The van der Waals surface area contributed by atoms with Crippen LogP contribution in [0.1, 0.15) is 0 Å². The molecule has 0 unspecified atom stereocenters. The van der Waals surface area contributed by atoms with Crippen molar-refractivity contribution in [1.82, 2.24) is 48.6 Å². The van der Waals surface area contributed by atoms with Crippen LogP contribution in [0.5, 0.6) is 23.0 Å². The van der Waals surface area contributed by atoms with Gasteiger partial charge in [-0.25, -0.2) is 19.3 Å². The number of pyridine rings is 4. The standard InChI is InChI=1S/C52H34N10O2/c1-3-23-55-49(15-1)61-47-27-43(63-41-13-5-11-39(25-41)59-33-37(31-57-59)35-9-7-21-53-29-35)17-19-45(47)52-51(61)46-20-18-44(28-48(46)62(52)50-16-2-4-24-56-50)64-42-14-6-12-40(26-42)60-34-38(32-58-60)36-10-8-22-54-30-36/h1-34H. The number of benzene rings is 4. The molecule has 64 heavy (non-hydrogen) atoms. The molecular weight excluding hydrogens is 797 g/mol. The molecule has 12 aromatic rings. The zero-order valence-corrected chi connectivity index (χ0v) is 33.9. The number of hydrogen-bond donors (Lipinski definition) is 0. The molecule has 12 heteroatoms. The molecule has 4 aromatic carbocycles. The SMILES string of the molecule is c1ccc(-n2c3cc(Oc4cccc(-n5cc(-c6cccnc6)cn5)c4)ccc3c3c2c2ccc(Oc4cccc(-n5cc(-c6cccnc6)cn5)c4)cc2n3-c2ccccn2)nc1. The molecule has 8 heterocycles. The van der Waals surface area contributed by atoms with E-state index in [9.17, 15) is 0 Å². The predicted molar refractivity (Wildman–Crippen MR) is 247 cm³/mol. The van der Waals surface area contributed by atoms with Gasteiger partial charge in [0.05, 0.1) is 45.8 Å². The maximum Gasteiger partial charge on any atom is 0.137 e. The number of nitrogens with zero attached hydrogens (tertiary/aromatic N) is 10. The molecule has 0 fully saturated rings. The lowest BCUT2D eigenvalue weighted by atomic mass is 10.2. The zero-order valence-electron chi connectivity index (χ0n) is 33.9. The van der Waals surface area contributed by atoms with E-state index in [1.54, 1.807) is 12.4 Å². The molecule has 0 saturated carbocycles. The van der Waals surface area contributed by atoms with Crippen LogP contribution in [-0.4, -0.2) is 48.6 Å². The number of rotatable bonds is 10. The van der Waals surface area contributed by atoms with Crippen LogP contribution in [-0.2, 0) is 0 Å². The van der Waals surface area contributed by atoms with Crippen LogP contribution in [0.25, 0.3) is 78.1 Å². The average molecular weight is 831 g/mol. The lowest BCUT2D eigenvalue weighted by molar-refractivity contribution is 0.482. The number of ether oxygens (including phenoxy) is 2. The molecule has 0 saturated heterocycles. The van der Waals surface area contributed by atoms with Crippen LogP contribution in [0.3, 0.4) is 0 Å². The van der Waals surface area contributed by atoms with E-state index in [2.05, 4.69) is 53.6 Å². The highest BCUT2D eigenvalue weighted by Crippen LogP contribution is 2.43. The maximum absolute atomic E-state index is 6.61. The van der Waals surface area contributed by atoms with Crippen LogP contribution in [0, 0.1) is 0 Å². The minimum absolute atomic E-state index is 0.675. The Morgan fingerprint density at radius 1 is 0.375 bits per heavy atom. The molecule has 0 N–H and O–H groups in total. The lowest BCUT2D eigenvalue weighted by Crippen LogP contribution is -1.98. The summed E-state index contributed by atoms with van der Waals surface area (Å²) in [7, 11) is 0. The summed E-state index contributed by atoms with van der Waals surface area (Å²) in [6, 6.07) is 48.0. The first-order valence-electron chi connectivity index (χ1n) is 20.6. The van der Waals surface area contributed by atoms with Crippen molar-refractivity contribution < 1.29 is 9.47 Å². The third kappa shape index (κ3) is 6.59. The van der Waals surface area contributed by atoms with Gasteiger partial charge in [-0.1, -0.05) is 36.4 Å². The second kappa shape index (κ2) is 15.4. The van der Waals surface area contributed by atoms with Gasteiger partial charge >= 0.3 is 0 Å². The third-order valence-electron chi connectivity index (χ3n) is 11.1. The average Bonchev–Trinajstić information content (AvgIpc) is 4.17. The first-order valence-corrected chi connectivity index (χ1v) is 20.6. The molecule has 8 aromatic heterocycles. The van der Waals surface area contributed by atoms with E-state index in [4.69, 9.17) is 19.4 Å². The van der Waals surface area contributed by atoms with E-state index >= 15 is 0 Å². The summed E-state index contributed by atoms with van der Waals surface area (Å²) < 4.78 is 21.3.